The van der Waals surface area contributed by atoms with Crippen LogP contribution in [0.1, 0.15) is 18.1 Å². The van der Waals surface area contributed by atoms with E-state index in [9.17, 15) is 26.4 Å². The van der Waals surface area contributed by atoms with Gasteiger partial charge in [0.25, 0.3) is 0 Å². The molecule has 1 aliphatic rings. The maximum Gasteiger partial charge on any atom is 0.416 e. The van der Waals surface area contributed by atoms with E-state index in [1.165, 1.54) is 6.92 Å². The van der Waals surface area contributed by atoms with E-state index in [2.05, 4.69) is 0 Å². The third kappa shape index (κ3) is 2.20. The Hall–Kier alpha value is -1.83. The van der Waals surface area contributed by atoms with Crippen molar-refractivity contribution in [3.63, 3.8) is 0 Å². The molecular formula is C12H9F3O4S. The van der Waals surface area contributed by atoms with E-state index in [1.54, 1.807) is 0 Å². The van der Waals surface area contributed by atoms with E-state index in [-0.39, 0.29) is 10.5 Å². The lowest BCUT2D eigenvalue weighted by atomic mass is 10.1. The molecule has 20 heavy (non-hydrogen) atoms. The first-order valence-corrected chi connectivity index (χ1v) is 6.94. The third-order valence-corrected chi connectivity index (χ3v) is 5.07. The Labute approximate surface area is 112 Å². The second kappa shape index (κ2) is 4.34. The number of halogens is 3. The molecule has 1 heterocycles. The molecule has 1 aromatic carbocycles. The van der Waals surface area contributed by atoms with Crippen molar-refractivity contribution in [2.24, 2.45) is 5.92 Å². The zero-order chi connectivity index (χ0) is 15.3. The lowest BCUT2D eigenvalue weighted by Gasteiger charge is -2.09. The summed E-state index contributed by atoms with van der Waals surface area (Å²) in [5.74, 6) is -2.68. The summed E-state index contributed by atoms with van der Waals surface area (Å²) in [6.45, 7) is 1.17. The standard InChI is InChI=1S/C12H9F3O4S/c1-6(11(16)17)10-5-7-4-8(12(13,14)15)2-3-9(7)20(10,18)19/h2-6H,1H3,(H,16,17). The fourth-order valence-corrected chi connectivity index (χ4v) is 3.70. The molecule has 0 fully saturated rings. The zero-order valence-electron chi connectivity index (χ0n) is 10.1. The number of carboxylic acids is 1. The molecule has 0 aliphatic carbocycles. The van der Waals surface area contributed by atoms with Gasteiger partial charge in [-0.3, -0.25) is 4.79 Å². The fraction of sp³-hybridized carbons (Fsp3) is 0.250. The normalized spacial score (nSPS) is 18.3. The summed E-state index contributed by atoms with van der Waals surface area (Å²) in [5.41, 5.74) is -1.12. The van der Waals surface area contributed by atoms with E-state index < -0.39 is 38.4 Å². The molecule has 0 saturated carbocycles. The topological polar surface area (TPSA) is 71.4 Å². The average molecular weight is 306 g/mol. The van der Waals surface area contributed by atoms with Gasteiger partial charge >= 0.3 is 12.1 Å². The smallest absolute Gasteiger partial charge is 0.416 e. The Bertz CT molecular complexity index is 717. The highest BCUT2D eigenvalue weighted by Gasteiger charge is 2.38. The SMILES string of the molecule is CC(C(=O)O)C1=Cc2cc(C(F)(F)F)ccc2S1(=O)=O. The molecule has 8 heteroatoms. The van der Waals surface area contributed by atoms with E-state index in [4.69, 9.17) is 5.11 Å². The van der Waals surface area contributed by atoms with E-state index in [1.807, 2.05) is 0 Å². The summed E-state index contributed by atoms with van der Waals surface area (Å²) < 4.78 is 61.9. The van der Waals surface area contributed by atoms with Gasteiger partial charge in [0.2, 0.25) is 9.84 Å². The molecule has 1 atom stereocenters. The average Bonchev–Trinajstić information content (AvgIpc) is 2.58. The van der Waals surface area contributed by atoms with Crippen LogP contribution in [0, 0.1) is 5.92 Å². The second-order valence-electron chi connectivity index (χ2n) is 4.36. The molecule has 0 amide bonds. The lowest BCUT2D eigenvalue weighted by molar-refractivity contribution is -0.139. The summed E-state index contributed by atoms with van der Waals surface area (Å²) in [7, 11) is -4.04. The van der Waals surface area contributed by atoms with Crippen LogP contribution < -0.4 is 0 Å². The van der Waals surface area contributed by atoms with Crippen molar-refractivity contribution < 1.29 is 31.5 Å². The van der Waals surface area contributed by atoms with Crippen molar-refractivity contribution in [2.75, 3.05) is 0 Å². The molecule has 2 rings (SSSR count). The van der Waals surface area contributed by atoms with Crippen LogP contribution in [0.15, 0.2) is 28.0 Å². The minimum absolute atomic E-state index is 0.136. The van der Waals surface area contributed by atoms with Crippen molar-refractivity contribution >= 4 is 21.9 Å². The van der Waals surface area contributed by atoms with E-state index in [0.29, 0.717) is 12.1 Å². The van der Waals surface area contributed by atoms with Crippen molar-refractivity contribution in [2.45, 2.75) is 18.0 Å². The number of benzene rings is 1. The quantitative estimate of drug-likeness (QED) is 0.911. The molecule has 0 radical (unpaired) electrons. The number of fused-ring (bicyclic) bond motifs is 1. The number of sulfone groups is 1. The Morgan fingerprint density at radius 2 is 1.90 bits per heavy atom. The van der Waals surface area contributed by atoms with E-state index in [0.717, 1.165) is 12.1 Å². The lowest BCUT2D eigenvalue weighted by Crippen LogP contribution is -2.16. The van der Waals surface area contributed by atoms with Crippen LogP contribution in [-0.2, 0) is 20.8 Å². The maximum atomic E-state index is 12.6. The molecule has 0 aromatic heterocycles. The van der Waals surface area contributed by atoms with Gasteiger partial charge in [-0.1, -0.05) is 0 Å². The van der Waals surface area contributed by atoms with Crippen LogP contribution in [0.25, 0.3) is 6.08 Å². The van der Waals surface area contributed by atoms with Crippen molar-refractivity contribution in [3.05, 3.63) is 34.2 Å². The predicted octanol–water partition coefficient (Wildman–Crippen LogP) is 2.55. The van der Waals surface area contributed by atoms with Gasteiger partial charge in [0.05, 0.1) is 21.3 Å². The summed E-state index contributed by atoms with van der Waals surface area (Å²) in [6.07, 6.45) is -3.60. The molecule has 0 bridgehead atoms. The highest BCUT2D eigenvalue weighted by atomic mass is 32.2. The molecule has 1 aromatic rings. The number of rotatable bonds is 2. The number of alkyl halides is 3. The van der Waals surface area contributed by atoms with Gasteiger partial charge in [-0.05, 0) is 36.8 Å². The first kappa shape index (κ1) is 14.6. The highest BCUT2D eigenvalue weighted by Crippen LogP contribution is 2.39. The van der Waals surface area contributed by atoms with Gasteiger partial charge in [0.1, 0.15) is 0 Å². The predicted molar refractivity (Wildman–Crippen MR) is 63.4 cm³/mol. The monoisotopic (exact) mass is 306 g/mol. The molecule has 1 N–H and O–H groups in total. The van der Waals surface area contributed by atoms with Gasteiger partial charge in [-0.25, -0.2) is 8.42 Å². The maximum absolute atomic E-state index is 12.6. The Kier molecular flexibility index (Phi) is 3.16. The van der Waals surface area contributed by atoms with Gasteiger partial charge in [-0.15, -0.1) is 0 Å². The Morgan fingerprint density at radius 1 is 1.30 bits per heavy atom. The largest absolute Gasteiger partial charge is 0.481 e. The van der Waals surface area contributed by atoms with Crippen LogP contribution in [-0.4, -0.2) is 19.5 Å². The fourth-order valence-electron chi connectivity index (χ4n) is 1.92. The number of hydrogen-bond acceptors (Lipinski definition) is 3. The summed E-state index contributed by atoms with van der Waals surface area (Å²) >= 11 is 0. The molecule has 4 nitrogen and oxygen atoms in total. The third-order valence-electron chi connectivity index (χ3n) is 3.03. The number of carboxylic acid groups (broad SMARTS) is 1. The van der Waals surface area contributed by atoms with Crippen LogP contribution in [0.4, 0.5) is 13.2 Å². The van der Waals surface area contributed by atoms with Crippen LogP contribution in [0.5, 0.6) is 0 Å². The molecule has 0 saturated heterocycles. The minimum atomic E-state index is -4.59. The zero-order valence-corrected chi connectivity index (χ0v) is 10.9. The summed E-state index contributed by atoms with van der Waals surface area (Å²) in [5, 5.41) is 8.85. The second-order valence-corrected chi connectivity index (χ2v) is 6.28. The van der Waals surface area contributed by atoms with Crippen LogP contribution >= 0.6 is 0 Å². The van der Waals surface area contributed by atoms with Crippen LogP contribution in [0.2, 0.25) is 0 Å². The van der Waals surface area contributed by atoms with Crippen molar-refractivity contribution in [3.8, 4) is 0 Å². The van der Waals surface area contributed by atoms with E-state index >= 15 is 0 Å². The van der Waals surface area contributed by atoms with Gasteiger partial charge in [0.15, 0.2) is 0 Å². The summed E-state index contributed by atoms with van der Waals surface area (Å²) in [4.78, 5) is 10.2. The molecule has 108 valence electrons. The molecule has 1 aliphatic heterocycles. The van der Waals surface area contributed by atoms with Crippen molar-refractivity contribution in [1.82, 2.24) is 0 Å². The molecule has 0 spiro atoms. The summed E-state index contributed by atoms with van der Waals surface area (Å²) in [6, 6.07) is 2.22. The van der Waals surface area contributed by atoms with Gasteiger partial charge in [0, 0.05) is 0 Å². The first-order chi connectivity index (χ1) is 9.05. The first-order valence-electron chi connectivity index (χ1n) is 5.46. The number of aliphatic carboxylic acids is 1. The minimum Gasteiger partial charge on any atom is -0.481 e. The van der Waals surface area contributed by atoms with Crippen LogP contribution in [0.3, 0.4) is 0 Å². The van der Waals surface area contributed by atoms with Gasteiger partial charge < -0.3 is 5.11 Å². The molecule has 1 unspecified atom stereocenters. The Morgan fingerprint density at radius 3 is 2.40 bits per heavy atom. The Balaban J connectivity index is 2.60. The number of hydrogen-bond donors (Lipinski definition) is 1. The van der Waals surface area contributed by atoms with Crippen molar-refractivity contribution in [1.29, 1.82) is 0 Å². The molecular weight excluding hydrogens is 297 g/mol. The van der Waals surface area contributed by atoms with Gasteiger partial charge in [-0.2, -0.15) is 13.2 Å². The number of carbonyl (C=O) groups is 1. The highest BCUT2D eigenvalue weighted by molar-refractivity contribution is 7.95.